The topological polar surface area (TPSA) is 80.7 Å². The Morgan fingerprint density at radius 3 is 2.48 bits per heavy atom. The molecule has 1 aromatic rings. The van der Waals surface area contributed by atoms with Crippen LogP contribution in [-0.2, 0) is 25.3 Å². The average Bonchev–Trinajstić information content (AvgIpc) is 2.55. The molecule has 1 N–H and O–H groups in total. The number of carbonyl (C=O) groups excluding carboxylic acids is 2. The largest absolute Gasteiger partial charge is 0.481 e. The molecule has 1 unspecified atom stereocenters. The van der Waals surface area contributed by atoms with Gasteiger partial charge in [-0.15, -0.1) is 0 Å². The van der Waals surface area contributed by atoms with E-state index in [1.54, 1.807) is 20.8 Å². The third-order valence-electron chi connectivity index (χ3n) is 6.84. The highest BCUT2D eigenvalue weighted by Crippen LogP contribution is 2.57. The number of benzene rings is 1. The Morgan fingerprint density at radius 1 is 1.22 bits per heavy atom. The molecule has 0 spiro atoms. The molecule has 1 saturated carbocycles. The maximum Gasteiger partial charge on any atom is 0.309 e. The van der Waals surface area contributed by atoms with Crippen LogP contribution in [0.2, 0.25) is 0 Å². The second-order valence-electron chi connectivity index (χ2n) is 9.04. The van der Waals surface area contributed by atoms with E-state index in [-0.39, 0.29) is 29.5 Å². The lowest BCUT2D eigenvalue weighted by atomic mass is 9.49. The van der Waals surface area contributed by atoms with E-state index >= 15 is 0 Å². The van der Waals surface area contributed by atoms with E-state index in [4.69, 9.17) is 4.74 Å². The van der Waals surface area contributed by atoms with Gasteiger partial charge in [0.05, 0.1) is 5.41 Å². The fourth-order valence-electron chi connectivity index (χ4n) is 5.26. The fourth-order valence-corrected chi connectivity index (χ4v) is 5.26. The number of fused-ring (bicyclic) bond motifs is 3. The predicted octanol–water partition coefficient (Wildman–Crippen LogP) is 4.22. The van der Waals surface area contributed by atoms with Crippen LogP contribution in [-0.4, -0.2) is 22.8 Å². The lowest BCUT2D eigenvalue weighted by Crippen LogP contribution is -2.53. The lowest BCUT2D eigenvalue weighted by Gasteiger charge is -2.53. The number of aliphatic carboxylic acids is 1. The van der Waals surface area contributed by atoms with Crippen molar-refractivity contribution in [2.45, 2.75) is 71.3 Å². The molecule has 5 nitrogen and oxygen atoms in total. The van der Waals surface area contributed by atoms with E-state index in [2.05, 4.69) is 6.92 Å². The van der Waals surface area contributed by atoms with Gasteiger partial charge in [0.2, 0.25) is 0 Å². The molecule has 3 rings (SSSR count). The smallest absolute Gasteiger partial charge is 0.309 e. The van der Waals surface area contributed by atoms with Crippen molar-refractivity contribution in [1.82, 2.24) is 0 Å². The number of hydrogen-bond acceptors (Lipinski definition) is 4. The summed E-state index contributed by atoms with van der Waals surface area (Å²) in [5.74, 6) is -1.44. The van der Waals surface area contributed by atoms with Crippen molar-refractivity contribution in [1.29, 1.82) is 0 Å². The lowest BCUT2D eigenvalue weighted by molar-refractivity contribution is -0.157. The summed E-state index contributed by atoms with van der Waals surface area (Å²) >= 11 is 0. The third kappa shape index (κ3) is 2.97. The number of rotatable bonds is 3. The number of carboxylic acids is 1. The maximum absolute atomic E-state index is 13.0. The van der Waals surface area contributed by atoms with Gasteiger partial charge >= 0.3 is 11.9 Å². The predicted molar refractivity (Wildman–Crippen MR) is 101 cm³/mol. The molecule has 0 aromatic heterocycles. The SMILES string of the molecule is CC(=O)OC(C)(C)c1ccc2c(c1)C(=O)CC1[C@](C)(C(=O)O)CCC[C@]21C. The summed E-state index contributed by atoms with van der Waals surface area (Å²) in [6.45, 7) is 8.85. The van der Waals surface area contributed by atoms with Crippen molar-refractivity contribution >= 4 is 17.7 Å². The van der Waals surface area contributed by atoms with Crippen molar-refractivity contribution in [2.24, 2.45) is 11.3 Å². The molecule has 1 aromatic carbocycles. The van der Waals surface area contributed by atoms with Crippen LogP contribution >= 0.6 is 0 Å². The first-order valence-corrected chi connectivity index (χ1v) is 9.53. The Labute approximate surface area is 160 Å². The highest BCUT2D eigenvalue weighted by Gasteiger charge is 2.57. The second kappa shape index (κ2) is 6.18. The number of carboxylic acid groups (broad SMARTS) is 1. The van der Waals surface area contributed by atoms with Gasteiger partial charge in [-0.1, -0.05) is 25.5 Å². The molecule has 2 aliphatic carbocycles. The molecule has 3 atom stereocenters. The van der Waals surface area contributed by atoms with Crippen molar-refractivity contribution < 1.29 is 24.2 Å². The summed E-state index contributed by atoms with van der Waals surface area (Å²) in [7, 11) is 0. The molecule has 146 valence electrons. The first-order chi connectivity index (χ1) is 12.4. The molecule has 0 aliphatic heterocycles. The van der Waals surface area contributed by atoms with Gasteiger partial charge in [-0.25, -0.2) is 0 Å². The van der Waals surface area contributed by atoms with Crippen LogP contribution < -0.4 is 0 Å². The van der Waals surface area contributed by atoms with Crippen LogP contribution in [0.5, 0.6) is 0 Å². The second-order valence-corrected chi connectivity index (χ2v) is 9.04. The minimum Gasteiger partial charge on any atom is -0.481 e. The number of ether oxygens (including phenoxy) is 1. The Balaban J connectivity index is 2.10. The van der Waals surface area contributed by atoms with Crippen LogP contribution in [0.15, 0.2) is 18.2 Å². The van der Waals surface area contributed by atoms with Gasteiger partial charge in [0.1, 0.15) is 5.60 Å². The van der Waals surface area contributed by atoms with E-state index in [0.29, 0.717) is 12.0 Å². The molecule has 27 heavy (non-hydrogen) atoms. The van der Waals surface area contributed by atoms with E-state index in [1.807, 2.05) is 18.2 Å². The minimum atomic E-state index is -0.893. The quantitative estimate of drug-likeness (QED) is 0.804. The van der Waals surface area contributed by atoms with Gasteiger partial charge in [0.25, 0.3) is 0 Å². The number of esters is 1. The van der Waals surface area contributed by atoms with E-state index in [9.17, 15) is 19.5 Å². The third-order valence-corrected chi connectivity index (χ3v) is 6.84. The standard InChI is InChI=1S/C22H28O5/c1-13(23)27-20(2,3)14-7-8-16-15(11-14)17(24)12-18-21(16,4)9-6-10-22(18,5)19(25)26/h7-8,11,18H,6,9-10,12H2,1-5H3,(H,25,26)/t18?,21-,22-/m1/s1. The van der Waals surface area contributed by atoms with Crippen LogP contribution in [0, 0.1) is 11.3 Å². The number of ketones is 1. The molecule has 0 bridgehead atoms. The summed E-state index contributed by atoms with van der Waals surface area (Å²) in [4.78, 5) is 36.4. The van der Waals surface area contributed by atoms with Crippen LogP contribution in [0.1, 0.15) is 81.8 Å². The molecule has 5 heteroatoms. The van der Waals surface area contributed by atoms with E-state index in [1.165, 1.54) is 6.92 Å². The van der Waals surface area contributed by atoms with E-state index in [0.717, 1.165) is 24.0 Å². The average molecular weight is 372 g/mol. The highest BCUT2D eigenvalue weighted by molar-refractivity contribution is 6.00. The summed E-state index contributed by atoms with van der Waals surface area (Å²) in [6, 6.07) is 5.66. The summed E-state index contributed by atoms with van der Waals surface area (Å²) in [5.41, 5.74) is 0.263. The molecular weight excluding hydrogens is 344 g/mol. The van der Waals surface area contributed by atoms with Crippen LogP contribution in [0.3, 0.4) is 0 Å². The summed E-state index contributed by atoms with van der Waals surface area (Å²) < 4.78 is 5.42. The summed E-state index contributed by atoms with van der Waals surface area (Å²) in [5, 5.41) is 9.86. The van der Waals surface area contributed by atoms with Gasteiger partial charge in [-0.3, -0.25) is 14.4 Å². The number of carbonyl (C=O) groups is 3. The monoisotopic (exact) mass is 372 g/mol. The Bertz CT molecular complexity index is 824. The van der Waals surface area contributed by atoms with Gasteiger partial charge in [0, 0.05) is 18.9 Å². The zero-order valence-corrected chi connectivity index (χ0v) is 16.7. The molecule has 2 aliphatic rings. The first-order valence-electron chi connectivity index (χ1n) is 9.53. The number of Topliss-reactive ketones (excluding diaryl/α,β-unsaturated/α-hetero) is 1. The highest BCUT2D eigenvalue weighted by atomic mass is 16.6. The van der Waals surface area contributed by atoms with Crippen LogP contribution in [0.4, 0.5) is 0 Å². The normalized spacial score (nSPS) is 30.3. The first kappa shape index (κ1) is 19.6. The maximum atomic E-state index is 13.0. The molecule has 0 saturated heterocycles. The summed E-state index contributed by atoms with van der Waals surface area (Å²) in [6.07, 6.45) is 2.53. The zero-order valence-electron chi connectivity index (χ0n) is 16.7. The Morgan fingerprint density at radius 2 is 1.89 bits per heavy atom. The molecule has 0 heterocycles. The van der Waals surface area contributed by atoms with Crippen molar-refractivity contribution in [3.63, 3.8) is 0 Å². The van der Waals surface area contributed by atoms with E-state index < -0.39 is 17.0 Å². The molecule has 0 amide bonds. The van der Waals surface area contributed by atoms with Crippen molar-refractivity contribution in [3.05, 3.63) is 34.9 Å². The number of hydrogen-bond donors (Lipinski definition) is 1. The van der Waals surface area contributed by atoms with Crippen molar-refractivity contribution in [2.75, 3.05) is 0 Å². The van der Waals surface area contributed by atoms with Gasteiger partial charge < -0.3 is 9.84 Å². The molecule has 1 fully saturated rings. The fraction of sp³-hybridized carbons (Fsp3) is 0.591. The Kier molecular flexibility index (Phi) is 4.48. The van der Waals surface area contributed by atoms with Gasteiger partial charge in [-0.2, -0.15) is 0 Å². The molecule has 0 radical (unpaired) electrons. The van der Waals surface area contributed by atoms with Gasteiger partial charge in [0.15, 0.2) is 5.78 Å². The van der Waals surface area contributed by atoms with Crippen LogP contribution in [0.25, 0.3) is 0 Å². The Hall–Kier alpha value is -2.17. The van der Waals surface area contributed by atoms with Crippen molar-refractivity contribution in [3.8, 4) is 0 Å². The van der Waals surface area contributed by atoms with Gasteiger partial charge in [-0.05, 0) is 62.1 Å². The minimum absolute atomic E-state index is 0.0256. The molecular formula is C22H28O5. The zero-order chi connectivity index (χ0) is 20.2.